The van der Waals surface area contributed by atoms with Gasteiger partial charge in [-0.25, -0.2) is 0 Å². The lowest BCUT2D eigenvalue weighted by Gasteiger charge is -2.29. The van der Waals surface area contributed by atoms with E-state index in [9.17, 15) is 9.59 Å². The Bertz CT molecular complexity index is 516. The van der Waals surface area contributed by atoms with Gasteiger partial charge in [-0.1, -0.05) is 41.9 Å². The molecule has 1 aromatic rings. The summed E-state index contributed by atoms with van der Waals surface area (Å²) in [6.07, 6.45) is 2.10. The van der Waals surface area contributed by atoms with Crippen molar-refractivity contribution in [2.24, 2.45) is 0 Å². The molecule has 0 heterocycles. The minimum absolute atomic E-state index is 0.0159. The maximum Gasteiger partial charge on any atom is 0.242 e. The maximum absolute atomic E-state index is 12.5. The molecule has 1 aromatic carbocycles. The summed E-state index contributed by atoms with van der Waals surface area (Å²) >= 11 is 3.41. The first kappa shape index (κ1) is 19.7. The summed E-state index contributed by atoms with van der Waals surface area (Å²) in [5.74, 6) is -0.0804. The van der Waals surface area contributed by atoms with Crippen molar-refractivity contribution in [3.8, 4) is 0 Å². The number of rotatable bonds is 8. The normalized spacial score (nSPS) is 13.3. The lowest BCUT2D eigenvalue weighted by atomic mass is 10.1. The number of benzene rings is 1. The molecule has 4 nitrogen and oxygen atoms in total. The largest absolute Gasteiger partial charge is 0.352 e. The van der Waals surface area contributed by atoms with Crippen molar-refractivity contribution in [1.29, 1.82) is 0 Å². The molecule has 0 fully saturated rings. The van der Waals surface area contributed by atoms with Gasteiger partial charge < -0.3 is 10.2 Å². The van der Waals surface area contributed by atoms with Gasteiger partial charge in [-0.3, -0.25) is 9.59 Å². The molecule has 1 N–H and O–H groups in total. The van der Waals surface area contributed by atoms with Gasteiger partial charge in [0, 0.05) is 23.5 Å². The first-order valence-electron chi connectivity index (χ1n) is 8.23. The van der Waals surface area contributed by atoms with Crippen molar-refractivity contribution in [1.82, 2.24) is 10.2 Å². The van der Waals surface area contributed by atoms with E-state index in [-0.39, 0.29) is 17.9 Å². The van der Waals surface area contributed by atoms with Gasteiger partial charge in [-0.2, -0.15) is 0 Å². The minimum atomic E-state index is -0.480. The lowest BCUT2D eigenvalue weighted by Crippen LogP contribution is -2.49. The lowest BCUT2D eigenvalue weighted by molar-refractivity contribution is -0.140. The molecule has 0 spiro atoms. The number of hydrogen-bond acceptors (Lipinski definition) is 2. The molecule has 0 unspecified atom stereocenters. The summed E-state index contributed by atoms with van der Waals surface area (Å²) in [5, 5.41) is 2.96. The quantitative estimate of drug-likeness (QED) is 0.741. The number of amides is 2. The number of carbonyl (C=O) groups is 2. The monoisotopic (exact) mass is 382 g/mol. The molecule has 0 aromatic heterocycles. The number of nitrogens with one attached hydrogen (secondary N) is 1. The Morgan fingerprint density at radius 2 is 1.78 bits per heavy atom. The predicted molar refractivity (Wildman–Crippen MR) is 97.0 cm³/mol. The van der Waals surface area contributed by atoms with E-state index < -0.39 is 6.04 Å². The standard InChI is InChI=1S/C18H27BrN2O2/c1-5-7-17(22)21(12-15-8-10-16(19)11-9-15)14(4)18(23)20-13(3)6-2/h8-11,13-14H,5-7,12H2,1-4H3,(H,20,23)/t13-,14+/m0/s1. The highest BCUT2D eigenvalue weighted by Gasteiger charge is 2.26. The Labute approximate surface area is 147 Å². The third kappa shape index (κ3) is 6.34. The van der Waals surface area contributed by atoms with Gasteiger partial charge in [0.2, 0.25) is 11.8 Å². The summed E-state index contributed by atoms with van der Waals surface area (Å²) in [7, 11) is 0. The fourth-order valence-corrected chi connectivity index (χ4v) is 2.46. The van der Waals surface area contributed by atoms with Crippen molar-refractivity contribution in [3.05, 3.63) is 34.3 Å². The van der Waals surface area contributed by atoms with E-state index in [2.05, 4.69) is 21.2 Å². The number of carbonyl (C=O) groups excluding carboxylic acids is 2. The average Bonchev–Trinajstić information content (AvgIpc) is 2.53. The number of halogens is 1. The highest BCUT2D eigenvalue weighted by Crippen LogP contribution is 2.15. The van der Waals surface area contributed by atoms with Gasteiger partial charge in [-0.15, -0.1) is 0 Å². The zero-order chi connectivity index (χ0) is 17.4. The van der Waals surface area contributed by atoms with Crippen molar-refractivity contribution >= 4 is 27.7 Å². The third-order valence-electron chi connectivity index (χ3n) is 3.90. The Hall–Kier alpha value is -1.36. The average molecular weight is 383 g/mol. The molecule has 0 radical (unpaired) electrons. The Morgan fingerprint density at radius 3 is 2.30 bits per heavy atom. The van der Waals surface area contributed by atoms with E-state index in [0.717, 1.165) is 22.9 Å². The smallest absolute Gasteiger partial charge is 0.242 e. The van der Waals surface area contributed by atoms with Crippen LogP contribution in [-0.4, -0.2) is 28.8 Å². The van der Waals surface area contributed by atoms with E-state index in [1.165, 1.54) is 0 Å². The number of hydrogen-bond donors (Lipinski definition) is 1. The van der Waals surface area contributed by atoms with Crippen LogP contribution in [0.15, 0.2) is 28.7 Å². The molecule has 2 atom stereocenters. The van der Waals surface area contributed by atoms with Crippen molar-refractivity contribution in [3.63, 3.8) is 0 Å². The molecule has 0 aliphatic rings. The first-order chi connectivity index (χ1) is 10.9. The van der Waals surface area contributed by atoms with Crippen LogP contribution in [0.5, 0.6) is 0 Å². The summed E-state index contributed by atoms with van der Waals surface area (Å²) in [5.41, 5.74) is 1.01. The topological polar surface area (TPSA) is 49.4 Å². The summed E-state index contributed by atoms with van der Waals surface area (Å²) in [6.45, 7) is 8.21. The van der Waals surface area contributed by atoms with Gasteiger partial charge >= 0.3 is 0 Å². The Balaban J connectivity index is 2.88. The van der Waals surface area contributed by atoms with Crippen LogP contribution in [0.1, 0.15) is 52.5 Å². The predicted octanol–water partition coefficient (Wildman–Crippen LogP) is 3.88. The zero-order valence-corrected chi connectivity index (χ0v) is 16.0. The van der Waals surface area contributed by atoms with Gasteiger partial charge in [0.1, 0.15) is 6.04 Å². The molecule has 2 amide bonds. The minimum Gasteiger partial charge on any atom is -0.352 e. The highest BCUT2D eigenvalue weighted by molar-refractivity contribution is 9.10. The van der Waals surface area contributed by atoms with Crippen molar-refractivity contribution in [2.75, 3.05) is 0 Å². The molecular weight excluding hydrogens is 356 g/mol. The highest BCUT2D eigenvalue weighted by atomic mass is 79.9. The first-order valence-corrected chi connectivity index (χ1v) is 9.02. The molecular formula is C18H27BrN2O2. The molecule has 0 saturated carbocycles. The van der Waals surface area contributed by atoms with Crippen LogP contribution in [0.4, 0.5) is 0 Å². The fourth-order valence-electron chi connectivity index (χ4n) is 2.19. The van der Waals surface area contributed by atoms with E-state index in [4.69, 9.17) is 0 Å². The van der Waals surface area contributed by atoms with E-state index in [1.54, 1.807) is 11.8 Å². The van der Waals surface area contributed by atoms with E-state index in [1.807, 2.05) is 45.0 Å². The summed E-state index contributed by atoms with van der Waals surface area (Å²) < 4.78 is 0.996. The van der Waals surface area contributed by atoms with Crippen LogP contribution in [0.3, 0.4) is 0 Å². The zero-order valence-electron chi connectivity index (χ0n) is 14.4. The molecule has 0 aliphatic carbocycles. The van der Waals surface area contributed by atoms with Crippen LogP contribution in [0.25, 0.3) is 0 Å². The molecule has 0 aliphatic heterocycles. The second-order valence-corrected chi connectivity index (χ2v) is 6.81. The van der Waals surface area contributed by atoms with Gasteiger partial charge in [0.15, 0.2) is 0 Å². The van der Waals surface area contributed by atoms with Gasteiger partial charge in [0.05, 0.1) is 0 Å². The molecule has 0 saturated heterocycles. The van der Waals surface area contributed by atoms with Crippen LogP contribution < -0.4 is 5.32 Å². The van der Waals surface area contributed by atoms with Gasteiger partial charge in [-0.05, 0) is 44.4 Å². The van der Waals surface area contributed by atoms with Gasteiger partial charge in [0.25, 0.3) is 0 Å². The molecule has 1 rings (SSSR count). The summed E-state index contributed by atoms with van der Waals surface area (Å²) in [6, 6.07) is 7.46. The van der Waals surface area contributed by atoms with E-state index >= 15 is 0 Å². The molecule has 23 heavy (non-hydrogen) atoms. The molecule has 0 bridgehead atoms. The van der Waals surface area contributed by atoms with E-state index in [0.29, 0.717) is 13.0 Å². The van der Waals surface area contributed by atoms with Crippen LogP contribution in [-0.2, 0) is 16.1 Å². The Kier molecular flexibility index (Phi) is 8.31. The molecule has 5 heteroatoms. The molecule has 128 valence electrons. The van der Waals surface area contributed by atoms with Crippen molar-refractivity contribution < 1.29 is 9.59 Å². The Morgan fingerprint density at radius 1 is 1.17 bits per heavy atom. The van der Waals surface area contributed by atoms with Crippen LogP contribution in [0.2, 0.25) is 0 Å². The SMILES string of the molecule is CCCC(=O)N(Cc1ccc(Br)cc1)[C@H](C)C(=O)N[C@@H](C)CC. The second kappa shape index (κ2) is 9.71. The van der Waals surface area contributed by atoms with Crippen LogP contribution >= 0.6 is 15.9 Å². The maximum atomic E-state index is 12.5. The summed E-state index contributed by atoms with van der Waals surface area (Å²) in [4.78, 5) is 26.5. The second-order valence-electron chi connectivity index (χ2n) is 5.89. The van der Waals surface area contributed by atoms with Crippen molar-refractivity contribution in [2.45, 2.75) is 65.6 Å². The van der Waals surface area contributed by atoms with Crippen LogP contribution in [0, 0.1) is 0 Å². The number of nitrogens with zero attached hydrogens (tertiary/aromatic N) is 1. The fraction of sp³-hybridized carbons (Fsp3) is 0.556. The third-order valence-corrected chi connectivity index (χ3v) is 4.43.